The molecule has 2 rings (SSSR count). The Bertz CT molecular complexity index is 419. The summed E-state index contributed by atoms with van der Waals surface area (Å²) >= 11 is 3.40. The first-order valence-corrected chi connectivity index (χ1v) is 6.32. The van der Waals surface area contributed by atoms with Crippen molar-refractivity contribution in [1.29, 1.82) is 0 Å². The van der Waals surface area contributed by atoms with Crippen molar-refractivity contribution in [3.05, 3.63) is 38.3 Å². The molecule has 5 nitrogen and oxygen atoms in total. The molecule has 0 aliphatic carbocycles. The van der Waals surface area contributed by atoms with Crippen molar-refractivity contribution >= 4 is 21.6 Å². The Morgan fingerprint density at radius 1 is 1.41 bits per heavy atom. The van der Waals surface area contributed by atoms with Crippen LogP contribution in [-0.4, -0.2) is 36.0 Å². The Hall–Kier alpha value is -0.980. The van der Waals surface area contributed by atoms with Gasteiger partial charge in [-0.2, -0.15) is 0 Å². The number of nitrogens with zero attached hydrogens (tertiary/aromatic N) is 2. The first-order chi connectivity index (χ1) is 8.18. The lowest BCUT2D eigenvalue weighted by molar-refractivity contribution is -0.385. The maximum absolute atomic E-state index is 11.0. The average molecular weight is 300 g/mol. The summed E-state index contributed by atoms with van der Waals surface area (Å²) in [7, 11) is 0. The molecule has 1 aromatic rings. The number of hydrogen-bond donors (Lipinski definition) is 1. The number of hydrogen-bond acceptors (Lipinski definition) is 4. The molecule has 0 saturated carbocycles. The molecule has 0 atom stereocenters. The topological polar surface area (TPSA) is 58.4 Å². The molecule has 17 heavy (non-hydrogen) atoms. The molecule has 0 spiro atoms. The summed E-state index contributed by atoms with van der Waals surface area (Å²) in [5.41, 5.74) is 0.956. The van der Waals surface area contributed by atoms with Crippen LogP contribution in [0.1, 0.15) is 5.56 Å². The van der Waals surface area contributed by atoms with E-state index in [0.717, 1.165) is 36.2 Å². The van der Waals surface area contributed by atoms with Crippen LogP contribution in [0.4, 0.5) is 5.69 Å². The minimum Gasteiger partial charge on any atom is -0.314 e. The third kappa shape index (κ3) is 3.02. The number of nitrogens with one attached hydrogen (secondary N) is 1. The number of halogens is 1. The van der Waals surface area contributed by atoms with E-state index in [9.17, 15) is 10.1 Å². The Labute approximate surface area is 108 Å². The van der Waals surface area contributed by atoms with Gasteiger partial charge in [-0.1, -0.05) is 22.0 Å². The lowest BCUT2D eigenvalue weighted by Crippen LogP contribution is -2.43. The zero-order valence-corrected chi connectivity index (χ0v) is 10.9. The molecule has 1 aliphatic heterocycles. The maximum atomic E-state index is 11.0. The molecule has 1 N–H and O–H groups in total. The fourth-order valence-electron chi connectivity index (χ4n) is 1.97. The molecular formula is C11H14BrN3O2. The Balaban J connectivity index is 2.21. The van der Waals surface area contributed by atoms with E-state index in [-0.39, 0.29) is 10.6 Å². The second kappa shape index (κ2) is 5.57. The minimum absolute atomic E-state index is 0.193. The monoisotopic (exact) mass is 299 g/mol. The standard InChI is InChI=1S/C11H14BrN3O2/c12-10-2-1-3-11(15(16)17)9(10)8-14-6-4-13-5-7-14/h1-3,13H,4-8H2. The molecule has 6 heteroatoms. The van der Waals surface area contributed by atoms with Crippen LogP contribution in [0.2, 0.25) is 0 Å². The largest absolute Gasteiger partial charge is 0.314 e. The summed E-state index contributed by atoms with van der Waals surface area (Å²) in [4.78, 5) is 12.9. The summed E-state index contributed by atoms with van der Waals surface area (Å²) in [6.45, 7) is 4.37. The van der Waals surface area contributed by atoms with Gasteiger partial charge in [-0.25, -0.2) is 0 Å². The van der Waals surface area contributed by atoms with Crippen LogP contribution in [0.5, 0.6) is 0 Å². The van der Waals surface area contributed by atoms with Crippen LogP contribution in [0.3, 0.4) is 0 Å². The number of nitro benzene ring substituents is 1. The molecule has 1 aromatic carbocycles. The zero-order valence-electron chi connectivity index (χ0n) is 9.36. The Kier molecular flexibility index (Phi) is 4.09. The lowest BCUT2D eigenvalue weighted by Gasteiger charge is -2.27. The number of benzene rings is 1. The van der Waals surface area contributed by atoms with Gasteiger partial charge in [0.05, 0.1) is 10.5 Å². The molecule has 1 saturated heterocycles. The second-order valence-electron chi connectivity index (χ2n) is 4.02. The number of rotatable bonds is 3. The van der Waals surface area contributed by atoms with Gasteiger partial charge in [0.2, 0.25) is 0 Å². The van der Waals surface area contributed by atoms with Gasteiger partial charge in [0.1, 0.15) is 0 Å². The highest BCUT2D eigenvalue weighted by Crippen LogP contribution is 2.27. The van der Waals surface area contributed by atoms with Gasteiger partial charge in [-0.05, 0) is 6.07 Å². The predicted octanol–water partition coefficient (Wildman–Crippen LogP) is 1.76. The van der Waals surface area contributed by atoms with E-state index in [1.165, 1.54) is 0 Å². The molecule has 0 unspecified atom stereocenters. The molecule has 1 aliphatic rings. The zero-order chi connectivity index (χ0) is 12.3. The quantitative estimate of drug-likeness (QED) is 0.682. The fraction of sp³-hybridized carbons (Fsp3) is 0.455. The first-order valence-electron chi connectivity index (χ1n) is 5.53. The van der Waals surface area contributed by atoms with Crippen molar-refractivity contribution < 1.29 is 4.92 Å². The Morgan fingerprint density at radius 3 is 2.76 bits per heavy atom. The highest BCUT2D eigenvalue weighted by molar-refractivity contribution is 9.10. The highest BCUT2D eigenvalue weighted by atomic mass is 79.9. The van der Waals surface area contributed by atoms with Crippen molar-refractivity contribution in [2.45, 2.75) is 6.54 Å². The SMILES string of the molecule is O=[N+]([O-])c1cccc(Br)c1CN1CCNCC1. The summed E-state index contributed by atoms with van der Waals surface area (Å²) in [5.74, 6) is 0. The maximum Gasteiger partial charge on any atom is 0.275 e. The van der Waals surface area contributed by atoms with E-state index >= 15 is 0 Å². The molecule has 92 valence electrons. The minimum atomic E-state index is -0.317. The van der Waals surface area contributed by atoms with Gasteiger partial charge >= 0.3 is 0 Å². The molecule has 0 amide bonds. The van der Waals surface area contributed by atoms with Crippen molar-refractivity contribution in [3.8, 4) is 0 Å². The van der Waals surface area contributed by atoms with E-state index in [2.05, 4.69) is 26.1 Å². The van der Waals surface area contributed by atoms with Gasteiger partial charge in [0, 0.05) is 43.3 Å². The van der Waals surface area contributed by atoms with Crippen LogP contribution in [-0.2, 0) is 6.54 Å². The lowest BCUT2D eigenvalue weighted by atomic mass is 10.1. The van der Waals surface area contributed by atoms with E-state index in [0.29, 0.717) is 6.54 Å². The summed E-state index contributed by atoms with van der Waals surface area (Å²) in [6, 6.07) is 5.11. The molecule has 0 radical (unpaired) electrons. The second-order valence-corrected chi connectivity index (χ2v) is 4.88. The summed E-state index contributed by atoms with van der Waals surface area (Å²) in [5, 5.41) is 14.2. The molecule has 1 heterocycles. The van der Waals surface area contributed by atoms with Gasteiger partial charge in [0.15, 0.2) is 0 Å². The van der Waals surface area contributed by atoms with Crippen molar-refractivity contribution in [1.82, 2.24) is 10.2 Å². The molecule has 0 aromatic heterocycles. The molecule has 1 fully saturated rings. The van der Waals surface area contributed by atoms with Gasteiger partial charge in [0.25, 0.3) is 5.69 Å². The van der Waals surface area contributed by atoms with Crippen LogP contribution >= 0.6 is 15.9 Å². The van der Waals surface area contributed by atoms with Crippen molar-refractivity contribution in [2.75, 3.05) is 26.2 Å². The van der Waals surface area contributed by atoms with Gasteiger partial charge < -0.3 is 5.32 Å². The smallest absolute Gasteiger partial charge is 0.275 e. The predicted molar refractivity (Wildman–Crippen MR) is 68.9 cm³/mol. The van der Waals surface area contributed by atoms with Crippen LogP contribution < -0.4 is 5.32 Å². The fourth-order valence-corrected chi connectivity index (χ4v) is 2.45. The van der Waals surface area contributed by atoms with Crippen LogP contribution in [0, 0.1) is 10.1 Å². The van der Waals surface area contributed by atoms with E-state index in [4.69, 9.17) is 0 Å². The first kappa shape index (κ1) is 12.5. The van der Waals surface area contributed by atoms with E-state index in [1.807, 2.05) is 6.07 Å². The summed E-state index contributed by atoms with van der Waals surface area (Å²) in [6.07, 6.45) is 0. The Morgan fingerprint density at radius 2 is 2.12 bits per heavy atom. The van der Waals surface area contributed by atoms with Gasteiger partial charge in [-0.3, -0.25) is 15.0 Å². The highest BCUT2D eigenvalue weighted by Gasteiger charge is 2.19. The third-order valence-electron chi connectivity index (χ3n) is 2.88. The summed E-state index contributed by atoms with van der Waals surface area (Å²) < 4.78 is 0.810. The average Bonchev–Trinajstić information content (AvgIpc) is 2.33. The third-order valence-corrected chi connectivity index (χ3v) is 3.63. The number of piperazine rings is 1. The van der Waals surface area contributed by atoms with Crippen molar-refractivity contribution in [2.24, 2.45) is 0 Å². The molecule has 0 bridgehead atoms. The van der Waals surface area contributed by atoms with Crippen LogP contribution in [0.15, 0.2) is 22.7 Å². The number of nitro groups is 1. The van der Waals surface area contributed by atoms with Gasteiger partial charge in [-0.15, -0.1) is 0 Å². The van der Waals surface area contributed by atoms with E-state index in [1.54, 1.807) is 12.1 Å². The van der Waals surface area contributed by atoms with E-state index < -0.39 is 0 Å². The van der Waals surface area contributed by atoms with Crippen LogP contribution in [0.25, 0.3) is 0 Å². The normalized spacial score (nSPS) is 17.0. The van der Waals surface area contributed by atoms with Crippen molar-refractivity contribution in [3.63, 3.8) is 0 Å². The molecular weight excluding hydrogens is 286 g/mol.